The molecule has 8 nitrogen and oxygen atoms in total. The summed E-state index contributed by atoms with van der Waals surface area (Å²) in [5, 5.41) is 22.4. The van der Waals surface area contributed by atoms with Crippen LogP contribution in [-0.4, -0.2) is 58.0 Å². The fraction of sp³-hybridized carbons (Fsp3) is 0.625. The van der Waals surface area contributed by atoms with E-state index in [9.17, 15) is 18.6 Å². The van der Waals surface area contributed by atoms with Crippen LogP contribution in [0.1, 0.15) is 0 Å². The number of aliphatic hydroxyl groups excluding tert-OH is 2. The van der Waals surface area contributed by atoms with Gasteiger partial charge in [-0.15, -0.1) is 0 Å². The van der Waals surface area contributed by atoms with Gasteiger partial charge >= 0.3 is 0 Å². The molecule has 2 atom stereocenters. The number of sulfonamides is 1. The van der Waals surface area contributed by atoms with Crippen LogP contribution in [0.5, 0.6) is 0 Å². The second-order valence-electron chi connectivity index (χ2n) is 4.01. The van der Waals surface area contributed by atoms with E-state index in [4.69, 9.17) is 5.73 Å². The maximum absolute atomic E-state index is 12.1. The molecular formula is C8H14N4O4S. The zero-order valence-corrected chi connectivity index (χ0v) is 10.0. The van der Waals surface area contributed by atoms with Crippen LogP contribution in [0.4, 0.5) is 5.82 Å². The van der Waals surface area contributed by atoms with E-state index >= 15 is 0 Å². The van der Waals surface area contributed by atoms with E-state index in [1.165, 1.54) is 10.9 Å². The molecule has 1 aliphatic rings. The van der Waals surface area contributed by atoms with Gasteiger partial charge in [0.15, 0.2) is 5.82 Å². The zero-order chi connectivity index (χ0) is 12.8. The van der Waals surface area contributed by atoms with E-state index in [1.54, 1.807) is 7.05 Å². The number of aromatic nitrogens is 2. The van der Waals surface area contributed by atoms with Gasteiger partial charge in [-0.1, -0.05) is 0 Å². The lowest BCUT2D eigenvalue weighted by molar-refractivity contribution is 0.0572. The third-order valence-corrected chi connectivity index (χ3v) is 4.51. The minimum absolute atomic E-state index is 0.0941. The van der Waals surface area contributed by atoms with Gasteiger partial charge in [0.05, 0.1) is 12.2 Å². The number of hydrogen-bond acceptors (Lipinski definition) is 6. The summed E-state index contributed by atoms with van der Waals surface area (Å²) < 4.78 is 26.6. The Balaban J connectivity index is 2.35. The van der Waals surface area contributed by atoms with Gasteiger partial charge in [0.25, 0.3) is 0 Å². The topological polar surface area (TPSA) is 122 Å². The van der Waals surface area contributed by atoms with Crippen molar-refractivity contribution in [1.82, 2.24) is 14.1 Å². The molecule has 1 aromatic rings. The number of aryl methyl sites for hydroxylation is 1. The highest BCUT2D eigenvalue weighted by Gasteiger charge is 2.39. The van der Waals surface area contributed by atoms with Crippen molar-refractivity contribution in [2.75, 3.05) is 18.8 Å². The Bertz CT molecular complexity index is 516. The van der Waals surface area contributed by atoms with Crippen LogP contribution < -0.4 is 5.73 Å². The summed E-state index contributed by atoms with van der Waals surface area (Å²) in [6.45, 7) is -0.282. The minimum Gasteiger partial charge on any atom is -0.389 e. The lowest BCUT2D eigenvalue weighted by Gasteiger charge is -2.14. The summed E-state index contributed by atoms with van der Waals surface area (Å²) in [5.41, 5.74) is 5.50. The Kier molecular flexibility index (Phi) is 2.86. The van der Waals surface area contributed by atoms with Crippen LogP contribution in [0.2, 0.25) is 0 Å². The molecule has 9 heteroatoms. The Morgan fingerprint density at radius 2 is 1.94 bits per heavy atom. The fourth-order valence-corrected chi connectivity index (χ4v) is 3.32. The molecule has 0 saturated carbocycles. The maximum atomic E-state index is 12.1. The standard InChI is InChI=1S/C8H14N4O4S/c1-11-4-7(8(9)10-11)17(15,16)12-2-5(13)6(14)3-12/h4-6,13-14H,2-3H2,1H3,(H2,9,10)/t5-,6+. The molecule has 1 aliphatic heterocycles. The van der Waals surface area contributed by atoms with E-state index in [-0.39, 0.29) is 23.8 Å². The predicted molar refractivity (Wildman–Crippen MR) is 58.4 cm³/mol. The molecule has 1 saturated heterocycles. The van der Waals surface area contributed by atoms with Crippen LogP contribution >= 0.6 is 0 Å². The van der Waals surface area contributed by atoms with E-state index in [2.05, 4.69) is 5.10 Å². The average molecular weight is 262 g/mol. The SMILES string of the molecule is Cn1cc(S(=O)(=O)N2C[C@@H](O)[C@@H](O)C2)c(N)n1. The first-order valence-electron chi connectivity index (χ1n) is 4.98. The smallest absolute Gasteiger partial charge is 0.248 e. The normalized spacial score (nSPS) is 26.5. The van der Waals surface area contributed by atoms with Gasteiger partial charge in [0.1, 0.15) is 4.90 Å². The molecule has 17 heavy (non-hydrogen) atoms. The summed E-state index contributed by atoms with van der Waals surface area (Å²) in [6, 6.07) is 0. The zero-order valence-electron chi connectivity index (χ0n) is 9.18. The van der Waals surface area contributed by atoms with Crippen LogP contribution in [0.3, 0.4) is 0 Å². The van der Waals surface area contributed by atoms with E-state index < -0.39 is 22.2 Å². The number of rotatable bonds is 2. The van der Waals surface area contributed by atoms with Crippen molar-refractivity contribution < 1.29 is 18.6 Å². The van der Waals surface area contributed by atoms with Crippen LogP contribution in [0.25, 0.3) is 0 Å². The highest BCUT2D eigenvalue weighted by Crippen LogP contribution is 2.24. The number of anilines is 1. The maximum Gasteiger partial charge on any atom is 0.248 e. The van der Waals surface area contributed by atoms with Crippen molar-refractivity contribution in [2.24, 2.45) is 7.05 Å². The second-order valence-corrected chi connectivity index (χ2v) is 5.92. The van der Waals surface area contributed by atoms with E-state index in [0.29, 0.717) is 0 Å². The lowest BCUT2D eigenvalue weighted by atomic mass is 10.3. The summed E-state index contributed by atoms with van der Waals surface area (Å²) in [5.74, 6) is -0.0941. The van der Waals surface area contributed by atoms with Crippen molar-refractivity contribution in [2.45, 2.75) is 17.1 Å². The van der Waals surface area contributed by atoms with Gasteiger partial charge in [-0.2, -0.15) is 9.40 Å². The third-order valence-electron chi connectivity index (χ3n) is 2.67. The number of nitrogens with zero attached hydrogens (tertiary/aromatic N) is 3. The highest BCUT2D eigenvalue weighted by atomic mass is 32.2. The van der Waals surface area contributed by atoms with Crippen molar-refractivity contribution in [3.8, 4) is 0 Å². The average Bonchev–Trinajstić information content (AvgIpc) is 2.72. The van der Waals surface area contributed by atoms with E-state index in [0.717, 1.165) is 4.31 Å². The summed E-state index contributed by atoms with van der Waals surface area (Å²) in [7, 11) is -2.25. The molecule has 0 aromatic carbocycles. The van der Waals surface area contributed by atoms with Gasteiger partial charge in [0.2, 0.25) is 10.0 Å². The highest BCUT2D eigenvalue weighted by molar-refractivity contribution is 7.89. The number of hydrogen-bond donors (Lipinski definition) is 3. The van der Waals surface area contributed by atoms with Gasteiger partial charge in [-0.05, 0) is 0 Å². The number of aliphatic hydroxyl groups is 2. The van der Waals surface area contributed by atoms with Crippen molar-refractivity contribution in [3.63, 3.8) is 0 Å². The molecule has 96 valence electrons. The van der Waals surface area contributed by atoms with E-state index in [1.807, 2.05) is 0 Å². The van der Waals surface area contributed by atoms with Crippen molar-refractivity contribution >= 4 is 15.8 Å². The first kappa shape index (κ1) is 12.3. The molecule has 0 amide bonds. The van der Waals surface area contributed by atoms with Crippen LogP contribution in [0.15, 0.2) is 11.1 Å². The van der Waals surface area contributed by atoms with Gasteiger partial charge in [-0.25, -0.2) is 8.42 Å². The summed E-state index contributed by atoms with van der Waals surface area (Å²) in [4.78, 5) is -0.110. The largest absolute Gasteiger partial charge is 0.389 e. The Morgan fingerprint density at radius 1 is 1.41 bits per heavy atom. The van der Waals surface area contributed by atoms with Crippen LogP contribution in [0, 0.1) is 0 Å². The Hall–Kier alpha value is -1.16. The third kappa shape index (κ3) is 2.02. The molecule has 1 aromatic heterocycles. The summed E-state index contributed by atoms with van der Waals surface area (Å²) >= 11 is 0. The number of nitrogen functional groups attached to an aromatic ring is 1. The minimum atomic E-state index is -3.81. The Morgan fingerprint density at radius 3 is 2.35 bits per heavy atom. The number of β-amino-alcohol motifs (C(OH)–C–C–N with tert-alkyl or cyclic N) is 2. The molecule has 1 fully saturated rings. The number of nitrogens with two attached hydrogens (primary N) is 1. The molecule has 0 radical (unpaired) electrons. The molecule has 2 rings (SSSR count). The molecule has 0 unspecified atom stereocenters. The van der Waals surface area contributed by atoms with Crippen LogP contribution in [-0.2, 0) is 17.1 Å². The van der Waals surface area contributed by atoms with Gasteiger partial charge < -0.3 is 15.9 Å². The second kappa shape index (κ2) is 3.95. The Labute approximate surface area is 98.3 Å². The predicted octanol–water partition coefficient (Wildman–Crippen LogP) is -2.27. The summed E-state index contributed by atoms with van der Waals surface area (Å²) in [6.07, 6.45) is -0.841. The molecular weight excluding hydrogens is 248 g/mol. The lowest BCUT2D eigenvalue weighted by Crippen LogP contribution is -2.30. The van der Waals surface area contributed by atoms with Crippen molar-refractivity contribution in [3.05, 3.63) is 6.20 Å². The fourth-order valence-electron chi connectivity index (χ4n) is 1.75. The molecule has 0 bridgehead atoms. The first-order chi connectivity index (χ1) is 7.82. The first-order valence-corrected chi connectivity index (χ1v) is 6.42. The van der Waals surface area contributed by atoms with Crippen molar-refractivity contribution in [1.29, 1.82) is 0 Å². The molecule has 2 heterocycles. The molecule has 0 spiro atoms. The van der Waals surface area contributed by atoms with Gasteiger partial charge in [0, 0.05) is 26.3 Å². The molecule has 4 N–H and O–H groups in total. The quantitative estimate of drug-likeness (QED) is 0.552. The molecule has 0 aliphatic carbocycles. The monoisotopic (exact) mass is 262 g/mol. The van der Waals surface area contributed by atoms with Gasteiger partial charge in [-0.3, -0.25) is 4.68 Å².